The van der Waals surface area contributed by atoms with Crippen molar-refractivity contribution in [3.63, 3.8) is 0 Å². The van der Waals surface area contributed by atoms with Crippen molar-refractivity contribution in [3.8, 4) is 5.75 Å². The van der Waals surface area contributed by atoms with Crippen LogP contribution in [-0.4, -0.2) is 37.0 Å². The molecule has 1 fully saturated rings. The zero-order valence-corrected chi connectivity index (χ0v) is 14.3. The monoisotopic (exact) mass is 354 g/mol. The zero-order valence-electron chi connectivity index (χ0n) is 12.7. The number of hydrogen-bond acceptors (Lipinski definition) is 3. The van der Waals surface area contributed by atoms with Crippen molar-refractivity contribution in [1.82, 2.24) is 10.2 Å². The number of halogens is 1. The molecule has 5 heteroatoms. The molecule has 1 amide bonds. The first-order valence-corrected chi connectivity index (χ1v) is 8.25. The summed E-state index contributed by atoms with van der Waals surface area (Å²) in [5.41, 5.74) is 1.09. The summed E-state index contributed by atoms with van der Waals surface area (Å²) in [6.07, 6.45) is 3.49. The summed E-state index contributed by atoms with van der Waals surface area (Å²) in [5, 5.41) is 3.31. The number of piperidine rings is 1. The molecular weight excluding hydrogens is 332 g/mol. The van der Waals surface area contributed by atoms with Crippen LogP contribution < -0.4 is 10.1 Å². The maximum atomic E-state index is 12.4. The lowest BCUT2D eigenvalue weighted by Gasteiger charge is -2.29. The van der Waals surface area contributed by atoms with Gasteiger partial charge in [0.1, 0.15) is 5.75 Å². The smallest absolute Gasteiger partial charge is 0.239 e. The van der Waals surface area contributed by atoms with Crippen LogP contribution in [0.2, 0.25) is 0 Å². The fourth-order valence-corrected chi connectivity index (χ4v) is 2.94. The number of ether oxygens (including phenoxy) is 1. The fourth-order valence-electron chi connectivity index (χ4n) is 2.55. The molecule has 1 unspecified atom stereocenters. The summed E-state index contributed by atoms with van der Waals surface area (Å²) >= 11 is 3.53. The van der Waals surface area contributed by atoms with Crippen molar-refractivity contribution in [2.45, 2.75) is 38.8 Å². The van der Waals surface area contributed by atoms with Gasteiger partial charge in [0.25, 0.3) is 0 Å². The van der Waals surface area contributed by atoms with Crippen molar-refractivity contribution < 1.29 is 9.53 Å². The van der Waals surface area contributed by atoms with Crippen LogP contribution in [-0.2, 0) is 11.3 Å². The van der Waals surface area contributed by atoms with E-state index in [0.717, 1.165) is 41.7 Å². The number of amides is 1. The van der Waals surface area contributed by atoms with E-state index in [0.29, 0.717) is 6.54 Å². The molecule has 1 saturated heterocycles. The Kier molecular flexibility index (Phi) is 6.06. The first kappa shape index (κ1) is 16.3. The number of methoxy groups -OCH3 is 1. The molecule has 1 aliphatic heterocycles. The van der Waals surface area contributed by atoms with Gasteiger partial charge in [0.2, 0.25) is 5.91 Å². The Morgan fingerprint density at radius 1 is 1.38 bits per heavy atom. The average molecular weight is 355 g/mol. The van der Waals surface area contributed by atoms with Crippen LogP contribution in [0.15, 0.2) is 22.7 Å². The first-order chi connectivity index (χ1) is 10.1. The van der Waals surface area contributed by atoms with E-state index in [-0.39, 0.29) is 11.9 Å². The number of hydrogen-bond donors (Lipinski definition) is 1. The highest BCUT2D eigenvalue weighted by Crippen LogP contribution is 2.22. The lowest BCUT2D eigenvalue weighted by molar-refractivity contribution is -0.133. The first-order valence-electron chi connectivity index (χ1n) is 7.46. The van der Waals surface area contributed by atoms with Gasteiger partial charge in [-0.1, -0.05) is 15.9 Å². The molecule has 1 aromatic rings. The van der Waals surface area contributed by atoms with Gasteiger partial charge in [0, 0.05) is 24.1 Å². The molecule has 2 rings (SSSR count). The quantitative estimate of drug-likeness (QED) is 0.883. The topological polar surface area (TPSA) is 41.6 Å². The van der Waals surface area contributed by atoms with Gasteiger partial charge in [-0.15, -0.1) is 0 Å². The molecular formula is C16H23BrN2O2. The maximum absolute atomic E-state index is 12.4. The van der Waals surface area contributed by atoms with Crippen LogP contribution in [0.25, 0.3) is 0 Å². The van der Waals surface area contributed by atoms with Gasteiger partial charge in [0.05, 0.1) is 13.2 Å². The fraction of sp³-hybridized carbons (Fsp3) is 0.562. The van der Waals surface area contributed by atoms with Crippen LogP contribution in [0.5, 0.6) is 5.75 Å². The molecule has 0 aliphatic carbocycles. The standard InChI is InChI=1S/C16H23BrN2O2/c1-12(16(20)19-8-4-3-5-9-19)18-11-13-10-14(21-2)6-7-15(13)17/h6-7,10,12,18H,3-5,8-9,11H2,1-2H3. The SMILES string of the molecule is COc1ccc(Br)c(CNC(C)C(=O)N2CCCCC2)c1. The molecule has 1 atom stereocenters. The Bertz CT molecular complexity index is 487. The predicted octanol–water partition coefficient (Wildman–Crippen LogP) is 2.95. The average Bonchev–Trinajstić information content (AvgIpc) is 2.54. The number of benzene rings is 1. The third-order valence-electron chi connectivity index (χ3n) is 3.89. The van der Waals surface area contributed by atoms with E-state index in [9.17, 15) is 4.79 Å². The number of carbonyl (C=O) groups is 1. The van der Waals surface area contributed by atoms with Gasteiger partial charge in [-0.3, -0.25) is 4.79 Å². The Morgan fingerprint density at radius 2 is 2.10 bits per heavy atom. The molecule has 21 heavy (non-hydrogen) atoms. The van der Waals surface area contributed by atoms with Gasteiger partial charge >= 0.3 is 0 Å². The van der Waals surface area contributed by atoms with E-state index in [4.69, 9.17) is 4.74 Å². The number of nitrogens with one attached hydrogen (secondary N) is 1. The third kappa shape index (κ3) is 4.45. The van der Waals surface area contributed by atoms with E-state index in [2.05, 4.69) is 21.2 Å². The Balaban J connectivity index is 1.91. The van der Waals surface area contributed by atoms with Gasteiger partial charge in [0.15, 0.2) is 0 Å². The van der Waals surface area contributed by atoms with Crippen molar-refractivity contribution in [3.05, 3.63) is 28.2 Å². The molecule has 1 aliphatic rings. The van der Waals surface area contributed by atoms with E-state index in [1.807, 2.05) is 30.0 Å². The highest BCUT2D eigenvalue weighted by molar-refractivity contribution is 9.10. The van der Waals surface area contributed by atoms with Crippen LogP contribution >= 0.6 is 15.9 Å². The van der Waals surface area contributed by atoms with Crippen LogP contribution in [0.1, 0.15) is 31.7 Å². The van der Waals surface area contributed by atoms with E-state index in [1.54, 1.807) is 7.11 Å². The van der Waals surface area contributed by atoms with Crippen molar-refractivity contribution in [2.75, 3.05) is 20.2 Å². The summed E-state index contributed by atoms with van der Waals surface area (Å²) in [6.45, 7) is 4.37. The molecule has 0 bridgehead atoms. The molecule has 116 valence electrons. The maximum Gasteiger partial charge on any atom is 0.239 e. The number of nitrogens with zero attached hydrogens (tertiary/aromatic N) is 1. The minimum atomic E-state index is -0.166. The van der Waals surface area contributed by atoms with E-state index < -0.39 is 0 Å². The molecule has 0 saturated carbocycles. The lowest BCUT2D eigenvalue weighted by Crippen LogP contribution is -2.46. The summed E-state index contributed by atoms with van der Waals surface area (Å²) < 4.78 is 6.26. The van der Waals surface area contributed by atoms with Gasteiger partial charge in [-0.25, -0.2) is 0 Å². The molecule has 1 N–H and O–H groups in total. The lowest BCUT2D eigenvalue weighted by atomic mass is 10.1. The minimum Gasteiger partial charge on any atom is -0.497 e. The highest BCUT2D eigenvalue weighted by atomic mass is 79.9. The van der Waals surface area contributed by atoms with Gasteiger partial charge < -0.3 is 15.0 Å². The molecule has 0 aromatic heterocycles. The highest BCUT2D eigenvalue weighted by Gasteiger charge is 2.21. The van der Waals surface area contributed by atoms with Crippen LogP contribution in [0, 0.1) is 0 Å². The van der Waals surface area contributed by atoms with Crippen molar-refractivity contribution in [1.29, 1.82) is 0 Å². The Labute approximate surface area is 135 Å². The van der Waals surface area contributed by atoms with Crippen LogP contribution in [0.3, 0.4) is 0 Å². The summed E-state index contributed by atoms with van der Waals surface area (Å²) in [7, 11) is 1.66. The number of likely N-dealkylation sites (tertiary alicyclic amines) is 1. The summed E-state index contributed by atoms with van der Waals surface area (Å²) in [4.78, 5) is 14.3. The Morgan fingerprint density at radius 3 is 2.76 bits per heavy atom. The Hall–Kier alpha value is -1.07. The second kappa shape index (κ2) is 7.80. The van der Waals surface area contributed by atoms with Crippen LogP contribution in [0.4, 0.5) is 0 Å². The molecule has 1 aromatic carbocycles. The number of rotatable bonds is 5. The zero-order chi connectivity index (χ0) is 15.2. The summed E-state index contributed by atoms with van der Waals surface area (Å²) in [5.74, 6) is 1.03. The van der Waals surface area contributed by atoms with Crippen molar-refractivity contribution >= 4 is 21.8 Å². The molecule has 1 heterocycles. The van der Waals surface area contributed by atoms with Gasteiger partial charge in [-0.2, -0.15) is 0 Å². The second-order valence-electron chi connectivity index (χ2n) is 5.45. The normalized spacial score (nSPS) is 16.6. The molecule has 0 radical (unpaired) electrons. The van der Waals surface area contributed by atoms with Crippen molar-refractivity contribution in [2.24, 2.45) is 0 Å². The predicted molar refractivity (Wildman–Crippen MR) is 87.4 cm³/mol. The van der Waals surface area contributed by atoms with E-state index >= 15 is 0 Å². The van der Waals surface area contributed by atoms with Gasteiger partial charge in [-0.05, 0) is 49.9 Å². The third-order valence-corrected chi connectivity index (χ3v) is 4.66. The molecule has 0 spiro atoms. The molecule has 4 nitrogen and oxygen atoms in total. The summed E-state index contributed by atoms with van der Waals surface area (Å²) in [6, 6.07) is 5.69. The van der Waals surface area contributed by atoms with E-state index in [1.165, 1.54) is 6.42 Å². The number of carbonyl (C=O) groups excluding carboxylic acids is 1. The largest absolute Gasteiger partial charge is 0.497 e. The minimum absolute atomic E-state index is 0.166. The second-order valence-corrected chi connectivity index (χ2v) is 6.30.